The largest absolute Gasteiger partial charge is 0.449 e. The normalized spacial score (nSPS) is 12.3. The molecule has 0 saturated heterocycles. The first-order chi connectivity index (χ1) is 13.6. The van der Waals surface area contributed by atoms with Gasteiger partial charge in [0.05, 0.1) is 4.90 Å². The Morgan fingerprint density at radius 2 is 1.86 bits per heavy atom. The highest BCUT2D eigenvalue weighted by molar-refractivity contribution is 7.89. The fourth-order valence-corrected chi connectivity index (χ4v) is 3.70. The Balaban J connectivity index is 1.76. The molecule has 1 amide bonds. The lowest BCUT2D eigenvalue weighted by molar-refractivity contribution is -0.146. The number of rotatable bonds is 6. The van der Waals surface area contributed by atoms with Crippen molar-refractivity contribution in [3.05, 3.63) is 48.4 Å². The first-order valence-electron chi connectivity index (χ1n) is 8.34. The van der Waals surface area contributed by atoms with Gasteiger partial charge in [0, 0.05) is 31.9 Å². The Hall–Kier alpha value is -2.99. The Morgan fingerprint density at radius 3 is 2.48 bits per heavy atom. The molecular weight excluding hydrogens is 411 g/mol. The standard InChI is InChI=1S/C17H16F3N5O3S/c1-11(26)23-12-4-6-13(7-5-12)29(27,28)22-9-10-25-15-14(3-2-8-21-15)24-16(25)17(18,19)20/h2-8,22H,9-10H2,1H3,(H,23,26). The first kappa shape index (κ1) is 20.7. The summed E-state index contributed by atoms with van der Waals surface area (Å²) in [5.74, 6) is -1.45. The summed E-state index contributed by atoms with van der Waals surface area (Å²) in [5, 5.41) is 2.50. The summed E-state index contributed by atoms with van der Waals surface area (Å²) in [6.07, 6.45) is -3.37. The van der Waals surface area contributed by atoms with Crippen LogP contribution in [0.2, 0.25) is 0 Å². The number of fused-ring (bicyclic) bond motifs is 1. The van der Waals surface area contributed by atoms with Gasteiger partial charge in [-0.2, -0.15) is 13.2 Å². The monoisotopic (exact) mass is 427 g/mol. The Morgan fingerprint density at radius 1 is 1.17 bits per heavy atom. The summed E-state index contributed by atoms with van der Waals surface area (Å²) in [7, 11) is -3.96. The van der Waals surface area contributed by atoms with E-state index >= 15 is 0 Å². The summed E-state index contributed by atoms with van der Waals surface area (Å²) < 4.78 is 67.6. The van der Waals surface area contributed by atoms with Crippen LogP contribution in [-0.2, 0) is 27.5 Å². The molecule has 0 bridgehead atoms. The second-order valence-electron chi connectivity index (χ2n) is 6.03. The number of alkyl halides is 3. The number of nitrogens with one attached hydrogen (secondary N) is 2. The fourth-order valence-electron chi connectivity index (χ4n) is 2.68. The van der Waals surface area contributed by atoms with E-state index < -0.39 is 22.0 Å². The van der Waals surface area contributed by atoms with Crippen LogP contribution in [0.15, 0.2) is 47.5 Å². The predicted molar refractivity (Wildman–Crippen MR) is 98.5 cm³/mol. The molecule has 0 aliphatic heterocycles. The van der Waals surface area contributed by atoms with Crippen LogP contribution in [0.4, 0.5) is 18.9 Å². The molecule has 2 N–H and O–H groups in total. The van der Waals surface area contributed by atoms with Crippen LogP contribution < -0.4 is 10.0 Å². The van der Waals surface area contributed by atoms with Crippen molar-refractivity contribution in [1.82, 2.24) is 19.3 Å². The predicted octanol–water partition coefficient (Wildman–Crippen LogP) is 2.39. The molecule has 3 aromatic rings. The third kappa shape index (κ3) is 4.71. The molecule has 0 aliphatic carbocycles. The van der Waals surface area contributed by atoms with Crippen LogP contribution in [0.3, 0.4) is 0 Å². The summed E-state index contributed by atoms with van der Waals surface area (Å²) in [4.78, 5) is 18.4. The molecule has 3 rings (SSSR count). The molecule has 2 heterocycles. The number of carbonyl (C=O) groups excluding carboxylic acids is 1. The highest BCUT2D eigenvalue weighted by Crippen LogP contribution is 2.30. The number of anilines is 1. The minimum absolute atomic E-state index is 0.0127. The van der Waals surface area contributed by atoms with Crippen molar-refractivity contribution < 1.29 is 26.4 Å². The number of sulfonamides is 1. The smallest absolute Gasteiger partial charge is 0.326 e. The maximum Gasteiger partial charge on any atom is 0.449 e. The summed E-state index contributed by atoms with van der Waals surface area (Å²) in [5.41, 5.74) is 0.497. The van der Waals surface area contributed by atoms with Crippen molar-refractivity contribution in [2.45, 2.75) is 24.5 Å². The molecule has 2 aromatic heterocycles. The van der Waals surface area contributed by atoms with Gasteiger partial charge < -0.3 is 9.88 Å². The van der Waals surface area contributed by atoms with E-state index in [0.29, 0.717) is 5.69 Å². The second-order valence-corrected chi connectivity index (χ2v) is 7.80. The van der Waals surface area contributed by atoms with Crippen molar-refractivity contribution in [2.24, 2.45) is 0 Å². The Bertz CT molecular complexity index is 1140. The number of aromatic nitrogens is 3. The van der Waals surface area contributed by atoms with Gasteiger partial charge in [-0.15, -0.1) is 0 Å². The number of hydrogen-bond donors (Lipinski definition) is 2. The van der Waals surface area contributed by atoms with E-state index in [2.05, 4.69) is 20.0 Å². The first-order valence-corrected chi connectivity index (χ1v) is 9.82. The molecular formula is C17H16F3N5O3S. The van der Waals surface area contributed by atoms with E-state index in [1.807, 2.05) is 0 Å². The van der Waals surface area contributed by atoms with Gasteiger partial charge in [-0.3, -0.25) is 4.79 Å². The molecule has 0 saturated carbocycles. The lowest BCUT2D eigenvalue weighted by Gasteiger charge is -2.12. The molecule has 0 radical (unpaired) electrons. The molecule has 1 aromatic carbocycles. The van der Waals surface area contributed by atoms with Crippen LogP contribution in [0.1, 0.15) is 12.7 Å². The van der Waals surface area contributed by atoms with Crippen molar-refractivity contribution in [3.63, 3.8) is 0 Å². The summed E-state index contributed by atoms with van der Waals surface area (Å²) in [6, 6.07) is 8.24. The van der Waals surface area contributed by atoms with Gasteiger partial charge in [0.2, 0.25) is 21.8 Å². The minimum Gasteiger partial charge on any atom is -0.326 e. The molecule has 29 heavy (non-hydrogen) atoms. The molecule has 0 atom stereocenters. The molecule has 0 fully saturated rings. The van der Waals surface area contributed by atoms with E-state index in [4.69, 9.17) is 0 Å². The highest BCUT2D eigenvalue weighted by atomic mass is 32.2. The molecule has 0 spiro atoms. The highest BCUT2D eigenvalue weighted by Gasteiger charge is 2.37. The number of nitrogens with zero attached hydrogens (tertiary/aromatic N) is 3. The van der Waals surface area contributed by atoms with Crippen molar-refractivity contribution in [1.29, 1.82) is 0 Å². The van der Waals surface area contributed by atoms with Crippen LogP contribution in [0.5, 0.6) is 0 Å². The summed E-state index contributed by atoms with van der Waals surface area (Å²) >= 11 is 0. The van der Waals surface area contributed by atoms with Crippen LogP contribution in [0, 0.1) is 0 Å². The van der Waals surface area contributed by atoms with E-state index in [9.17, 15) is 26.4 Å². The average Bonchev–Trinajstić information content (AvgIpc) is 3.01. The third-order valence-corrected chi connectivity index (χ3v) is 5.35. The summed E-state index contributed by atoms with van der Waals surface area (Å²) in [6.45, 7) is 0.697. The van der Waals surface area contributed by atoms with Gasteiger partial charge in [0.25, 0.3) is 0 Å². The van der Waals surface area contributed by atoms with E-state index in [-0.39, 0.29) is 35.1 Å². The zero-order valence-electron chi connectivity index (χ0n) is 15.1. The molecule has 8 nitrogen and oxygen atoms in total. The zero-order chi connectivity index (χ0) is 21.2. The van der Waals surface area contributed by atoms with E-state index in [0.717, 1.165) is 4.57 Å². The number of halogens is 3. The number of pyridine rings is 1. The van der Waals surface area contributed by atoms with E-state index in [1.165, 1.54) is 49.5 Å². The Kier molecular flexibility index (Phi) is 5.57. The van der Waals surface area contributed by atoms with Crippen molar-refractivity contribution >= 4 is 32.8 Å². The quantitative estimate of drug-likeness (QED) is 0.628. The minimum atomic E-state index is -4.71. The van der Waals surface area contributed by atoms with Gasteiger partial charge in [-0.1, -0.05) is 0 Å². The average molecular weight is 427 g/mol. The Labute approximate surface area is 163 Å². The van der Waals surface area contributed by atoms with Gasteiger partial charge in [-0.05, 0) is 36.4 Å². The van der Waals surface area contributed by atoms with Crippen LogP contribution >= 0.6 is 0 Å². The van der Waals surface area contributed by atoms with Crippen LogP contribution in [0.25, 0.3) is 11.2 Å². The molecule has 154 valence electrons. The van der Waals surface area contributed by atoms with Gasteiger partial charge in [-0.25, -0.2) is 23.1 Å². The lowest BCUT2D eigenvalue weighted by atomic mass is 10.3. The second kappa shape index (κ2) is 7.79. The zero-order valence-corrected chi connectivity index (χ0v) is 15.9. The SMILES string of the molecule is CC(=O)Nc1ccc(S(=O)(=O)NCCn2c(C(F)(F)F)nc3cccnc32)cc1. The van der Waals surface area contributed by atoms with Gasteiger partial charge in [0.15, 0.2) is 5.65 Å². The molecule has 12 heteroatoms. The number of hydrogen-bond acceptors (Lipinski definition) is 5. The van der Waals surface area contributed by atoms with E-state index in [1.54, 1.807) is 0 Å². The van der Waals surface area contributed by atoms with Gasteiger partial charge in [0.1, 0.15) is 5.52 Å². The fraction of sp³-hybridized carbons (Fsp3) is 0.235. The number of imidazole rings is 1. The lowest BCUT2D eigenvalue weighted by Crippen LogP contribution is -2.28. The topological polar surface area (TPSA) is 106 Å². The van der Waals surface area contributed by atoms with Crippen molar-refractivity contribution in [2.75, 3.05) is 11.9 Å². The van der Waals surface area contributed by atoms with Gasteiger partial charge >= 0.3 is 6.18 Å². The number of amides is 1. The number of benzene rings is 1. The molecule has 0 aliphatic rings. The van der Waals surface area contributed by atoms with Crippen LogP contribution in [-0.4, -0.2) is 35.4 Å². The number of carbonyl (C=O) groups is 1. The maximum atomic E-state index is 13.3. The molecule has 0 unspecified atom stereocenters. The third-order valence-electron chi connectivity index (χ3n) is 3.87. The maximum absolute atomic E-state index is 13.3. The van der Waals surface area contributed by atoms with Crippen molar-refractivity contribution in [3.8, 4) is 0 Å².